The Balaban J connectivity index is 1.76. The third kappa shape index (κ3) is 3.14. The zero-order chi connectivity index (χ0) is 11.5. The normalized spacial score (nSPS) is 33.9. The molecule has 0 aliphatic carbocycles. The van der Waals surface area contributed by atoms with Crippen LogP contribution in [0.3, 0.4) is 0 Å². The molecule has 0 aromatic heterocycles. The molecule has 3 nitrogen and oxygen atoms in total. The molecule has 92 valence electrons. The van der Waals surface area contributed by atoms with Gasteiger partial charge in [0.25, 0.3) is 0 Å². The molecular formula is C12H23N3S. The average Bonchev–Trinajstić information content (AvgIpc) is 2.83. The highest BCUT2D eigenvalue weighted by Crippen LogP contribution is 2.20. The molecule has 16 heavy (non-hydrogen) atoms. The van der Waals surface area contributed by atoms with Crippen molar-refractivity contribution in [1.82, 2.24) is 10.2 Å². The molecule has 0 aromatic rings. The second kappa shape index (κ2) is 5.41. The van der Waals surface area contributed by atoms with Crippen molar-refractivity contribution in [3.8, 4) is 0 Å². The van der Waals surface area contributed by atoms with Gasteiger partial charge in [-0.3, -0.25) is 4.99 Å². The first kappa shape index (κ1) is 12.2. The van der Waals surface area contributed by atoms with Crippen LogP contribution in [0.4, 0.5) is 0 Å². The summed E-state index contributed by atoms with van der Waals surface area (Å²) in [5.41, 5.74) is 0. The van der Waals surface area contributed by atoms with Crippen LogP contribution in [0.5, 0.6) is 0 Å². The minimum atomic E-state index is 0.620. The van der Waals surface area contributed by atoms with Crippen LogP contribution in [0.1, 0.15) is 20.3 Å². The molecule has 2 heterocycles. The maximum atomic E-state index is 4.71. The molecule has 0 amide bonds. The number of likely N-dealkylation sites (tertiary alicyclic amines) is 1. The molecule has 2 atom stereocenters. The van der Waals surface area contributed by atoms with Crippen molar-refractivity contribution < 1.29 is 0 Å². The van der Waals surface area contributed by atoms with Gasteiger partial charge in [-0.1, -0.05) is 25.6 Å². The summed E-state index contributed by atoms with van der Waals surface area (Å²) < 4.78 is 0. The first-order valence-electron chi connectivity index (χ1n) is 6.27. The van der Waals surface area contributed by atoms with Crippen LogP contribution in [-0.2, 0) is 0 Å². The van der Waals surface area contributed by atoms with Gasteiger partial charge in [0.1, 0.15) is 0 Å². The fourth-order valence-electron chi connectivity index (χ4n) is 2.25. The molecule has 2 aliphatic heterocycles. The third-order valence-corrected chi connectivity index (χ3v) is 4.54. The van der Waals surface area contributed by atoms with Crippen molar-refractivity contribution in [3.63, 3.8) is 0 Å². The van der Waals surface area contributed by atoms with Crippen molar-refractivity contribution >= 4 is 16.9 Å². The van der Waals surface area contributed by atoms with Gasteiger partial charge in [-0.05, 0) is 31.8 Å². The van der Waals surface area contributed by atoms with Gasteiger partial charge in [-0.15, -0.1) is 0 Å². The van der Waals surface area contributed by atoms with Crippen LogP contribution in [0.2, 0.25) is 0 Å². The third-order valence-electron chi connectivity index (χ3n) is 3.50. The lowest BCUT2D eigenvalue weighted by Gasteiger charge is -2.13. The van der Waals surface area contributed by atoms with Crippen molar-refractivity contribution in [3.05, 3.63) is 0 Å². The van der Waals surface area contributed by atoms with Crippen molar-refractivity contribution in [2.75, 3.05) is 32.4 Å². The maximum Gasteiger partial charge on any atom is 0.156 e. The van der Waals surface area contributed by atoms with Crippen molar-refractivity contribution in [2.24, 2.45) is 16.8 Å². The number of amidine groups is 1. The summed E-state index contributed by atoms with van der Waals surface area (Å²) in [6, 6.07) is 0.620. The Morgan fingerprint density at radius 1 is 1.56 bits per heavy atom. The van der Waals surface area contributed by atoms with Crippen LogP contribution >= 0.6 is 11.8 Å². The first-order chi connectivity index (χ1) is 7.65. The molecule has 0 spiro atoms. The van der Waals surface area contributed by atoms with Crippen LogP contribution in [-0.4, -0.2) is 48.5 Å². The van der Waals surface area contributed by atoms with Crippen LogP contribution in [0.25, 0.3) is 0 Å². The van der Waals surface area contributed by atoms with Crippen LogP contribution < -0.4 is 5.32 Å². The molecule has 2 aliphatic rings. The summed E-state index contributed by atoms with van der Waals surface area (Å²) in [6.07, 6.45) is 1.31. The molecule has 2 rings (SSSR count). The Bertz CT molecular complexity index is 265. The Hall–Kier alpha value is -0.220. The van der Waals surface area contributed by atoms with E-state index < -0.39 is 0 Å². The molecule has 1 N–H and O–H groups in total. The molecule has 2 fully saturated rings. The van der Waals surface area contributed by atoms with Gasteiger partial charge in [0.15, 0.2) is 5.17 Å². The van der Waals surface area contributed by atoms with Gasteiger partial charge in [0, 0.05) is 24.9 Å². The lowest BCUT2D eigenvalue weighted by molar-refractivity contribution is 0.397. The topological polar surface area (TPSA) is 27.6 Å². The number of nitrogens with zero attached hydrogens (tertiary/aromatic N) is 2. The molecule has 1 unspecified atom stereocenters. The molecule has 2 saturated heterocycles. The summed E-state index contributed by atoms with van der Waals surface area (Å²) in [7, 11) is 2.20. The zero-order valence-corrected chi connectivity index (χ0v) is 11.4. The van der Waals surface area contributed by atoms with E-state index in [1.807, 2.05) is 11.8 Å². The van der Waals surface area contributed by atoms with E-state index in [1.54, 1.807) is 0 Å². The minimum absolute atomic E-state index is 0.620. The highest BCUT2D eigenvalue weighted by Gasteiger charge is 2.24. The van der Waals surface area contributed by atoms with Crippen LogP contribution in [0, 0.1) is 11.8 Å². The van der Waals surface area contributed by atoms with Gasteiger partial charge in [-0.2, -0.15) is 0 Å². The summed E-state index contributed by atoms with van der Waals surface area (Å²) in [5.74, 6) is 2.66. The lowest BCUT2D eigenvalue weighted by atomic mass is 10.1. The molecule has 4 heteroatoms. The molecule has 0 aromatic carbocycles. The quantitative estimate of drug-likeness (QED) is 0.814. The lowest BCUT2D eigenvalue weighted by Crippen LogP contribution is -2.31. The Morgan fingerprint density at radius 2 is 2.38 bits per heavy atom. The predicted octanol–water partition coefficient (Wildman–Crippen LogP) is 1.66. The fraction of sp³-hybridized carbons (Fsp3) is 0.917. The number of nitrogens with one attached hydrogen (secondary N) is 1. The monoisotopic (exact) mass is 241 g/mol. The van der Waals surface area contributed by atoms with Gasteiger partial charge >= 0.3 is 0 Å². The Labute approximate surface area is 103 Å². The second-order valence-corrected chi connectivity index (χ2v) is 6.38. The smallest absolute Gasteiger partial charge is 0.156 e. The number of hydrogen-bond donors (Lipinski definition) is 1. The molecule has 0 radical (unpaired) electrons. The van der Waals surface area contributed by atoms with E-state index in [0.29, 0.717) is 12.0 Å². The average molecular weight is 241 g/mol. The molecular weight excluding hydrogens is 218 g/mol. The number of aliphatic imine (C=N–C) groups is 1. The van der Waals surface area contributed by atoms with Crippen molar-refractivity contribution in [1.29, 1.82) is 0 Å². The Kier molecular flexibility index (Phi) is 4.14. The van der Waals surface area contributed by atoms with E-state index in [1.165, 1.54) is 30.4 Å². The first-order valence-corrected chi connectivity index (χ1v) is 7.26. The van der Waals surface area contributed by atoms with Crippen molar-refractivity contribution in [2.45, 2.75) is 26.3 Å². The highest BCUT2D eigenvalue weighted by atomic mass is 32.2. The van der Waals surface area contributed by atoms with E-state index in [9.17, 15) is 0 Å². The van der Waals surface area contributed by atoms with E-state index in [2.05, 4.69) is 31.1 Å². The SMILES string of the molecule is CC(C)[C@H]1CSC(=NCC2CCN(C)C2)N1. The summed E-state index contributed by atoms with van der Waals surface area (Å²) in [5, 5.41) is 4.70. The molecule has 0 saturated carbocycles. The molecule has 0 bridgehead atoms. The van der Waals surface area contributed by atoms with E-state index >= 15 is 0 Å². The van der Waals surface area contributed by atoms with Gasteiger partial charge in [0.05, 0.1) is 0 Å². The van der Waals surface area contributed by atoms with Crippen LogP contribution in [0.15, 0.2) is 4.99 Å². The van der Waals surface area contributed by atoms with Gasteiger partial charge in [0.2, 0.25) is 0 Å². The largest absolute Gasteiger partial charge is 0.361 e. The zero-order valence-electron chi connectivity index (χ0n) is 10.6. The fourth-order valence-corrected chi connectivity index (χ4v) is 3.45. The van der Waals surface area contributed by atoms with E-state index in [-0.39, 0.29) is 0 Å². The predicted molar refractivity (Wildman–Crippen MR) is 72.1 cm³/mol. The Morgan fingerprint density at radius 3 is 2.94 bits per heavy atom. The van der Waals surface area contributed by atoms with E-state index in [0.717, 1.165) is 12.5 Å². The number of hydrogen-bond acceptors (Lipinski definition) is 3. The highest BCUT2D eigenvalue weighted by molar-refractivity contribution is 8.14. The summed E-state index contributed by atoms with van der Waals surface area (Å²) >= 11 is 1.89. The maximum absolute atomic E-state index is 4.71. The number of thioether (sulfide) groups is 1. The standard InChI is InChI=1S/C12H23N3S/c1-9(2)11-8-16-12(14-11)13-6-10-4-5-15(3)7-10/h9-11H,4-8H2,1-3H3,(H,13,14)/t10?,11-/m1/s1. The minimum Gasteiger partial charge on any atom is -0.361 e. The number of rotatable bonds is 3. The second-order valence-electron chi connectivity index (χ2n) is 5.37. The summed E-state index contributed by atoms with van der Waals surface area (Å²) in [4.78, 5) is 7.11. The van der Waals surface area contributed by atoms with Gasteiger partial charge < -0.3 is 10.2 Å². The van der Waals surface area contributed by atoms with Gasteiger partial charge in [-0.25, -0.2) is 0 Å². The van der Waals surface area contributed by atoms with E-state index in [4.69, 9.17) is 4.99 Å². The summed E-state index contributed by atoms with van der Waals surface area (Å²) in [6.45, 7) is 8.00.